The summed E-state index contributed by atoms with van der Waals surface area (Å²) < 4.78 is 21.7. The summed E-state index contributed by atoms with van der Waals surface area (Å²) in [4.78, 5) is 39.4. The monoisotopic (exact) mass is 408 g/mol. The minimum absolute atomic E-state index is 0.271. The van der Waals surface area contributed by atoms with E-state index in [1.807, 2.05) is 30.3 Å². The Morgan fingerprint density at radius 1 is 0.967 bits per heavy atom. The maximum absolute atomic E-state index is 13.4. The van der Waals surface area contributed by atoms with Gasteiger partial charge in [0.05, 0.1) is 19.8 Å². The second kappa shape index (κ2) is 7.76. The molecule has 7 nitrogen and oxygen atoms in total. The molecule has 2 aliphatic heterocycles. The van der Waals surface area contributed by atoms with Crippen LogP contribution in [0.25, 0.3) is 6.08 Å². The lowest BCUT2D eigenvalue weighted by atomic mass is 9.68. The zero-order valence-corrected chi connectivity index (χ0v) is 16.4. The Labute approximate surface area is 173 Å². The number of hydrogen-bond acceptors (Lipinski definition) is 7. The van der Waals surface area contributed by atoms with Crippen molar-refractivity contribution in [2.75, 3.05) is 14.2 Å². The molecule has 0 bridgehead atoms. The molecule has 2 aromatic rings. The lowest BCUT2D eigenvalue weighted by Gasteiger charge is -2.33. The van der Waals surface area contributed by atoms with Gasteiger partial charge in [0, 0.05) is 0 Å². The van der Waals surface area contributed by atoms with Crippen LogP contribution in [0.5, 0.6) is 5.75 Å². The van der Waals surface area contributed by atoms with Crippen molar-refractivity contribution in [3.63, 3.8) is 0 Å². The first kappa shape index (κ1) is 19.8. The fourth-order valence-electron chi connectivity index (χ4n) is 4.08. The molecule has 1 fully saturated rings. The minimum atomic E-state index is -2.04. The van der Waals surface area contributed by atoms with Gasteiger partial charge in [-0.05, 0) is 17.7 Å². The molecule has 0 unspecified atom stereocenters. The van der Waals surface area contributed by atoms with Crippen molar-refractivity contribution in [2.24, 2.45) is 11.3 Å². The van der Waals surface area contributed by atoms with Crippen LogP contribution in [0.3, 0.4) is 0 Å². The molecule has 4 rings (SSSR count). The van der Waals surface area contributed by atoms with Crippen molar-refractivity contribution < 1.29 is 33.3 Å². The molecule has 0 spiro atoms. The van der Waals surface area contributed by atoms with Crippen molar-refractivity contribution in [3.8, 4) is 5.75 Å². The lowest BCUT2D eigenvalue weighted by molar-refractivity contribution is -0.173. The van der Waals surface area contributed by atoms with E-state index in [0.717, 1.165) is 19.8 Å². The minimum Gasteiger partial charge on any atom is -0.468 e. The molecular weight excluding hydrogens is 388 g/mol. The molecule has 1 saturated heterocycles. The van der Waals surface area contributed by atoms with Gasteiger partial charge in [-0.25, -0.2) is 0 Å². The Hall–Kier alpha value is -3.45. The van der Waals surface area contributed by atoms with Crippen molar-refractivity contribution in [1.29, 1.82) is 0 Å². The van der Waals surface area contributed by atoms with E-state index in [0.29, 0.717) is 5.75 Å². The van der Waals surface area contributed by atoms with Crippen molar-refractivity contribution in [1.82, 2.24) is 0 Å². The van der Waals surface area contributed by atoms with Gasteiger partial charge in [-0.1, -0.05) is 54.6 Å². The van der Waals surface area contributed by atoms with Gasteiger partial charge >= 0.3 is 11.9 Å². The summed E-state index contributed by atoms with van der Waals surface area (Å²) in [5, 5.41) is 0. The first-order chi connectivity index (χ1) is 14.5. The summed E-state index contributed by atoms with van der Waals surface area (Å²) in [6, 6.07) is 15.9. The number of methoxy groups -OCH3 is 2. The highest BCUT2D eigenvalue weighted by Gasteiger charge is 2.71. The van der Waals surface area contributed by atoms with Crippen molar-refractivity contribution >= 4 is 23.8 Å². The van der Waals surface area contributed by atoms with Crippen LogP contribution in [0.4, 0.5) is 0 Å². The van der Waals surface area contributed by atoms with Crippen LogP contribution in [-0.4, -0.2) is 44.3 Å². The van der Waals surface area contributed by atoms with Gasteiger partial charge in [0.15, 0.2) is 5.78 Å². The highest BCUT2D eigenvalue weighted by molar-refractivity contribution is 6.12. The van der Waals surface area contributed by atoms with Gasteiger partial charge in [0.2, 0.25) is 11.7 Å². The van der Waals surface area contributed by atoms with Crippen LogP contribution in [0.15, 0.2) is 60.7 Å². The number of rotatable bonds is 4. The van der Waals surface area contributed by atoms with E-state index in [1.54, 1.807) is 36.4 Å². The average molecular weight is 408 g/mol. The van der Waals surface area contributed by atoms with Crippen molar-refractivity contribution in [3.05, 3.63) is 71.8 Å². The molecule has 0 amide bonds. The zero-order valence-electron chi connectivity index (χ0n) is 16.4. The zero-order chi connectivity index (χ0) is 21.3. The predicted molar refractivity (Wildman–Crippen MR) is 105 cm³/mol. The fraction of sp³-hybridized carbons (Fsp3) is 0.261. The van der Waals surface area contributed by atoms with Gasteiger partial charge < -0.3 is 18.9 Å². The third-order valence-corrected chi connectivity index (χ3v) is 5.48. The molecule has 2 aliphatic rings. The van der Waals surface area contributed by atoms with Crippen LogP contribution in [0.2, 0.25) is 0 Å². The number of ether oxygens (including phenoxy) is 4. The highest BCUT2D eigenvalue weighted by Crippen LogP contribution is 2.51. The Morgan fingerprint density at radius 3 is 2.27 bits per heavy atom. The molecule has 3 atom stereocenters. The number of para-hydroxylation sites is 1. The maximum atomic E-state index is 13.4. The standard InChI is InChI=1S/C23H20O7/c1-27-21(25)23(22(26)28-2)17(13-12-14-8-4-3-5-9-14)30-20-18(23)19(24)15-10-6-7-11-16(15)29-20/h3-13,17-18,20H,1-2H3/b13-12+/t17-,18+,20-/m1/s1. The van der Waals surface area contributed by atoms with E-state index in [-0.39, 0.29) is 5.56 Å². The van der Waals surface area contributed by atoms with Crippen LogP contribution < -0.4 is 4.74 Å². The number of esters is 2. The Morgan fingerprint density at radius 2 is 1.60 bits per heavy atom. The van der Waals surface area contributed by atoms with Crippen LogP contribution in [0, 0.1) is 11.3 Å². The van der Waals surface area contributed by atoms with E-state index in [4.69, 9.17) is 18.9 Å². The number of ketones is 1. The Balaban J connectivity index is 1.85. The third-order valence-electron chi connectivity index (χ3n) is 5.48. The van der Waals surface area contributed by atoms with Gasteiger partial charge in [0.1, 0.15) is 17.8 Å². The van der Waals surface area contributed by atoms with Gasteiger partial charge in [0.25, 0.3) is 0 Å². The van der Waals surface area contributed by atoms with Gasteiger partial charge in [-0.15, -0.1) is 0 Å². The second-order valence-electron chi connectivity index (χ2n) is 7.00. The number of benzene rings is 2. The van der Waals surface area contributed by atoms with Crippen LogP contribution in [0.1, 0.15) is 15.9 Å². The normalized spacial score (nSPS) is 23.9. The van der Waals surface area contributed by atoms with Crippen LogP contribution >= 0.6 is 0 Å². The van der Waals surface area contributed by atoms with Gasteiger partial charge in [-0.2, -0.15) is 0 Å². The molecule has 7 heteroatoms. The SMILES string of the molecule is COC(=O)C1(C(=O)OC)[C@@H](/C=C/c2ccccc2)O[C@H]2Oc3ccccc3C(=O)[C@@H]21. The van der Waals surface area contributed by atoms with Crippen LogP contribution in [-0.2, 0) is 23.8 Å². The summed E-state index contributed by atoms with van der Waals surface area (Å²) in [6.07, 6.45) is 0.991. The summed E-state index contributed by atoms with van der Waals surface area (Å²) in [6.45, 7) is 0. The number of fused-ring (bicyclic) bond motifs is 2. The summed E-state index contributed by atoms with van der Waals surface area (Å²) in [7, 11) is 2.31. The smallest absolute Gasteiger partial charge is 0.327 e. The molecule has 0 aliphatic carbocycles. The Bertz CT molecular complexity index is 995. The quantitative estimate of drug-likeness (QED) is 0.568. The molecule has 0 radical (unpaired) electrons. The number of Topliss-reactive ketones (excluding diaryl/α,β-unsaturated/α-hetero) is 1. The van der Waals surface area contributed by atoms with Gasteiger partial charge in [-0.3, -0.25) is 14.4 Å². The molecule has 154 valence electrons. The molecule has 2 heterocycles. The molecule has 30 heavy (non-hydrogen) atoms. The first-order valence-corrected chi connectivity index (χ1v) is 9.39. The summed E-state index contributed by atoms with van der Waals surface area (Å²) in [5.74, 6) is -3.19. The molecule has 0 N–H and O–H groups in total. The van der Waals surface area contributed by atoms with E-state index in [1.165, 1.54) is 0 Å². The van der Waals surface area contributed by atoms with Crippen molar-refractivity contribution in [2.45, 2.75) is 12.4 Å². The number of carbonyl (C=O) groups excluding carboxylic acids is 3. The number of hydrogen-bond donors (Lipinski definition) is 0. The summed E-state index contributed by atoms with van der Waals surface area (Å²) >= 11 is 0. The topological polar surface area (TPSA) is 88.1 Å². The summed E-state index contributed by atoms with van der Waals surface area (Å²) in [5.41, 5.74) is -0.938. The fourth-order valence-corrected chi connectivity index (χ4v) is 4.08. The predicted octanol–water partition coefficient (Wildman–Crippen LogP) is 2.65. The molecular formula is C23H20O7. The second-order valence-corrected chi connectivity index (χ2v) is 7.00. The average Bonchev–Trinajstić information content (AvgIpc) is 3.12. The highest BCUT2D eigenvalue weighted by atomic mass is 16.7. The van der Waals surface area contributed by atoms with E-state index in [9.17, 15) is 14.4 Å². The van der Waals surface area contributed by atoms with E-state index in [2.05, 4.69) is 0 Å². The maximum Gasteiger partial charge on any atom is 0.327 e. The number of carbonyl (C=O) groups is 3. The van der Waals surface area contributed by atoms with E-state index >= 15 is 0 Å². The largest absolute Gasteiger partial charge is 0.468 e. The molecule has 2 aromatic carbocycles. The molecule has 0 saturated carbocycles. The van der Waals surface area contributed by atoms with E-state index < -0.39 is 41.4 Å². The first-order valence-electron chi connectivity index (χ1n) is 9.39. The Kier molecular flexibility index (Phi) is 5.13. The lowest BCUT2D eigenvalue weighted by Crippen LogP contribution is -2.55. The molecule has 0 aromatic heterocycles. The third kappa shape index (κ3) is 2.90.